The number of rotatable bonds is 8. The standard InChI is InChI=1S/C30H35NO7/c1-16(2)15-38-30(34)27-17(3)31-21-11-20(18-7-10-25(36-5)26(14-18)37-6)13-23(33)29(21)28(27)19-8-9-24(35-4)22(32)12-19/h7-10,12,14,16,20,28,31-32H,11,13,15H2,1-6H3/t20-,28+/m1/s1. The van der Waals surface area contributed by atoms with Crippen LogP contribution in [0.1, 0.15) is 56.6 Å². The van der Waals surface area contributed by atoms with Gasteiger partial charge in [-0.25, -0.2) is 4.79 Å². The predicted octanol–water partition coefficient (Wildman–Crippen LogP) is 4.98. The third-order valence-electron chi connectivity index (χ3n) is 7.01. The van der Waals surface area contributed by atoms with Crippen molar-refractivity contribution in [2.24, 2.45) is 5.92 Å². The maximum absolute atomic E-state index is 13.8. The van der Waals surface area contributed by atoms with Gasteiger partial charge in [-0.3, -0.25) is 4.79 Å². The summed E-state index contributed by atoms with van der Waals surface area (Å²) in [6, 6.07) is 10.7. The second kappa shape index (κ2) is 11.2. The zero-order valence-electron chi connectivity index (χ0n) is 22.7. The number of esters is 1. The SMILES string of the molecule is COc1ccc([C@H]2C(C(=O)OCC(C)C)=C(C)NC3=C2C(=O)C[C@H](c2ccc(OC)c(OC)c2)C3)cc1O. The molecule has 8 heteroatoms. The molecule has 1 aliphatic heterocycles. The molecule has 1 heterocycles. The van der Waals surface area contributed by atoms with Crippen molar-refractivity contribution in [3.63, 3.8) is 0 Å². The van der Waals surface area contributed by atoms with Crippen molar-refractivity contribution in [2.45, 2.75) is 45.4 Å². The first-order chi connectivity index (χ1) is 18.2. The molecule has 0 radical (unpaired) electrons. The van der Waals surface area contributed by atoms with Gasteiger partial charge in [0.05, 0.1) is 33.5 Å². The molecule has 2 aliphatic rings. The van der Waals surface area contributed by atoms with Gasteiger partial charge in [0, 0.05) is 29.3 Å². The Hall–Kier alpha value is -3.94. The number of carbonyl (C=O) groups is 2. The van der Waals surface area contributed by atoms with Gasteiger partial charge in [0.1, 0.15) is 0 Å². The lowest BCUT2D eigenvalue weighted by Crippen LogP contribution is -2.36. The average molecular weight is 522 g/mol. The number of ether oxygens (including phenoxy) is 4. The van der Waals surface area contributed by atoms with Crippen LogP contribution in [0.5, 0.6) is 23.0 Å². The molecule has 0 spiro atoms. The van der Waals surface area contributed by atoms with Gasteiger partial charge in [-0.15, -0.1) is 0 Å². The van der Waals surface area contributed by atoms with Crippen molar-refractivity contribution in [3.8, 4) is 23.0 Å². The Kier molecular flexibility index (Phi) is 7.99. The number of allylic oxidation sites excluding steroid dienone is 3. The van der Waals surface area contributed by atoms with Crippen LogP contribution in [-0.4, -0.2) is 44.8 Å². The monoisotopic (exact) mass is 521 g/mol. The highest BCUT2D eigenvalue weighted by Gasteiger charge is 2.41. The Morgan fingerprint density at radius 3 is 2.26 bits per heavy atom. The Morgan fingerprint density at radius 2 is 1.63 bits per heavy atom. The molecule has 4 rings (SSSR count). The molecule has 2 atom stereocenters. The number of phenolic OH excluding ortho intramolecular Hbond substituents is 1. The molecule has 2 N–H and O–H groups in total. The first-order valence-electron chi connectivity index (χ1n) is 12.7. The number of nitrogens with one attached hydrogen (secondary N) is 1. The third-order valence-corrected chi connectivity index (χ3v) is 7.01. The van der Waals surface area contributed by atoms with Gasteiger partial charge in [-0.2, -0.15) is 0 Å². The predicted molar refractivity (Wildman–Crippen MR) is 143 cm³/mol. The second-order valence-electron chi connectivity index (χ2n) is 10.1. The van der Waals surface area contributed by atoms with E-state index < -0.39 is 11.9 Å². The van der Waals surface area contributed by atoms with Crippen LogP contribution in [-0.2, 0) is 14.3 Å². The lowest BCUT2D eigenvalue weighted by molar-refractivity contribution is -0.140. The van der Waals surface area contributed by atoms with Crippen LogP contribution in [0.2, 0.25) is 0 Å². The highest BCUT2D eigenvalue weighted by atomic mass is 16.5. The molecule has 1 aliphatic carbocycles. The molecular weight excluding hydrogens is 486 g/mol. The summed E-state index contributed by atoms with van der Waals surface area (Å²) in [5.41, 5.74) is 3.86. The highest BCUT2D eigenvalue weighted by molar-refractivity contribution is 6.04. The Balaban J connectivity index is 1.77. The zero-order valence-corrected chi connectivity index (χ0v) is 22.7. The van der Waals surface area contributed by atoms with Gasteiger partial charge in [-0.1, -0.05) is 26.0 Å². The van der Waals surface area contributed by atoms with E-state index in [1.165, 1.54) is 7.11 Å². The Bertz CT molecular complexity index is 1310. The number of Topliss-reactive ketones (excluding diaryl/α,β-unsaturated/α-hetero) is 1. The van der Waals surface area contributed by atoms with Crippen LogP contribution in [0, 0.1) is 5.92 Å². The van der Waals surface area contributed by atoms with Gasteiger partial charge in [0.2, 0.25) is 0 Å². The summed E-state index contributed by atoms with van der Waals surface area (Å²) >= 11 is 0. The topological polar surface area (TPSA) is 103 Å². The van der Waals surface area contributed by atoms with E-state index in [1.807, 2.05) is 39.0 Å². The maximum Gasteiger partial charge on any atom is 0.336 e. The Morgan fingerprint density at radius 1 is 0.974 bits per heavy atom. The fraction of sp³-hybridized carbons (Fsp3) is 0.400. The minimum absolute atomic E-state index is 0.0651. The van der Waals surface area contributed by atoms with Crippen LogP contribution in [0.25, 0.3) is 0 Å². The average Bonchev–Trinajstić information content (AvgIpc) is 2.90. The lowest BCUT2D eigenvalue weighted by Gasteiger charge is -2.37. The van der Waals surface area contributed by atoms with Crippen molar-refractivity contribution in [1.82, 2.24) is 5.32 Å². The number of phenols is 1. The summed E-state index contributed by atoms with van der Waals surface area (Å²) in [5, 5.41) is 13.9. The van der Waals surface area contributed by atoms with E-state index in [9.17, 15) is 14.7 Å². The number of hydrogen-bond donors (Lipinski definition) is 2. The number of benzene rings is 2. The van der Waals surface area contributed by atoms with Crippen LogP contribution in [0.15, 0.2) is 58.9 Å². The van der Waals surface area contributed by atoms with Crippen molar-refractivity contribution in [1.29, 1.82) is 0 Å². The molecule has 202 valence electrons. The second-order valence-corrected chi connectivity index (χ2v) is 10.1. The summed E-state index contributed by atoms with van der Waals surface area (Å²) < 4.78 is 21.7. The smallest absolute Gasteiger partial charge is 0.336 e. The van der Waals surface area contributed by atoms with Crippen molar-refractivity contribution in [3.05, 3.63) is 70.1 Å². The number of dihydropyridines is 1. The molecule has 2 aromatic carbocycles. The van der Waals surface area contributed by atoms with E-state index in [2.05, 4.69) is 5.32 Å². The van der Waals surface area contributed by atoms with E-state index >= 15 is 0 Å². The summed E-state index contributed by atoms with van der Waals surface area (Å²) in [6.07, 6.45) is 0.836. The highest BCUT2D eigenvalue weighted by Crippen LogP contribution is 2.47. The molecule has 0 unspecified atom stereocenters. The maximum atomic E-state index is 13.8. The summed E-state index contributed by atoms with van der Waals surface area (Å²) in [4.78, 5) is 27.1. The molecule has 8 nitrogen and oxygen atoms in total. The van der Waals surface area contributed by atoms with E-state index in [0.29, 0.717) is 46.1 Å². The van der Waals surface area contributed by atoms with E-state index in [1.54, 1.807) is 32.4 Å². The van der Waals surface area contributed by atoms with Crippen molar-refractivity contribution in [2.75, 3.05) is 27.9 Å². The fourth-order valence-electron chi connectivity index (χ4n) is 5.19. The summed E-state index contributed by atoms with van der Waals surface area (Å²) in [7, 11) is 4.64. The first-order valence-corrected chi connectivity index (χ1v) is 12.7. The minimum Gasteiger partial charge on any atom is -0.504 e. The molecular formula is C30H35NO7. The fourth-order valence-corrected chi connectivity index (χ4v) is 5.19. The van der Waals surface area contributed by atoms with Crippen LogP contribution in [0.4, 0.5) is 0 Å². The van der Waals surface area contributed by atoms with E-state index in [-0.39, 0.29) is 36.4 Å². The van der Waals surface area contributed by atoms with Crippen molar-refractivity contribution < 1.29 is 33.6 Å². The molecule has 0 fully saturated rings. The molecule has 0 amide bonds. The summed E-state index contributed by atoms with van der Waals surface area (Å²) in [6.45, 7) is 6.01. The van der Waals surface area contributed by atoms with Crippen molar-refractivity contribution >= 4 is 11.8 Å². The van der Waals surface area contributed by atoms with Crippen LogP contribution < -0.4 is 19.5 Å². The van der Waals surface area contributed by atoms with Crippen LogP contribution in [0.3, 0.4) is 0 Å². The zero-order chi connectivity index (χ0) is 27.6. The summed E-state index contributed by atoms with van der Waals surface area (Å²) in [5.74, 6) is 0.319. The third kappa shape index (κ3) is 5.21. The molecule has 0 bridgehead atoms. The number of aromatic hydroxyl groups is 1. The van der Waals surface area contributed by atoms with Gasteiger partial charge in [-0.05, 0) is 60.6 Å². The number of hydrogen-bond acceptors (Lipinski definition) is 8. The Labute approximate surface area is 223 Å². The molecule has 2 aromatic rings. The quantitative estimate of drug-likeness (QED) is 0.469. The normalized spacial score (nSPS) is 19.2. The first kappa shape index (κ1) is 27.1. The van der Waals surface area contributed by atoms with Gasteiger partial charge in [0.25, 0.3) is 0 Å². The molecule has 0 saturated carbocycles. The molecule has 0 saturated heterocycles. The molecule has 0 aromatic heterocycles. The molecule has 38 heavy (non-hydrogen) atoms. The largest absolute Gasteiger partial charge is 0.504 e. The van der Waals surface area contributed by atoms with Crippen LogP contribution >= 0.6 is 0 Å². The van der Waals surface area contributed by atoms with E-state index in [4.69, 9.17) is 18.9 Å². The van der Waals surface area contributed by atoms with Gasteiger partial charge < -0.3 is 29.4 Å². The number of ketones is 1. The number of methoxy groups -OCH3 is 3. The van der Waals surface area contributed by atoms with Gasteiger partial charge >= 0.3 is 5.97 Å². The number of carbonyl (C=O) groups excluding carboxylic acids is 2. The van der Waals surface area contributed by atoms with Gasteiger partial charge in [0.15, 0.2) is 28.8 Å². The van der Waals surface area contributed by atoms with E-state index in [0.717, 1.165) is 11.3 Å². The minimum atomic E-state index is -0.679. The lowest BCUT2D eigenvalue weighted by atomic mass is 9.71.